The predicted octanol–water partition coefficient (Wildman–Crippen LogP) is 2.61. The molecule has 2 N–H and O–H groups in total. The molecule has 1 aliphatic carbocycles. The van der Waals surface area contributed by atoms with Gasteiger partial charge in [0.15, 0.2) is 5.96 Å². The lowest BCUT2D eigenvalue weighted by atomic mass is 10.1. The number of benzene rings is 1. The molecule has 0 aliphatic heterocycles. The van der Waals surface area contributed by atoms with Gasteiger partial charge in [0, 0.05) is 19.6 Å². The maximum Gasteiger partial charge on any atom is 0.191 e. The number of rotatable bonds is 6. The topological polar surface area (TPSA) is 45.6 Å². The number of guanidine groups is 1. The summed E-state index contributed by atoms with van der Waals surface area (Å²) in [6.07, 6.45) is 3.54. The van der Waals surface area contributed by atoms with Crippen LogP contribution in [0.2, 0.25) is 0 Å². The van der Waals surface area contributed by atoms with Crippen LogP contribution in [0.4, 0.5) is 0 Å². The van der Waals surface area contributed by atoms with Gasteiger partial charge in [0.05, 0.1) is 6.61 Å². The van der Waals surface area contributed by atoms with Gasteiger partial charge in [0.1, 0.15) is 5.75 Å². The van der Waals surface area contributed by atoms with E-state index < -0.39 is 0 Å². The van der Waals surface area contributed by atoms with Crippen LogP contribution in [0.15, 0.2) is 23.2 Å². The lowest BCUT2D eigenvalue weighted by molar-refractivity contribution is 0.317. The molecule has 1 fully saturated rings. The molecule has 0 saturated heterocycles. The van der Waals surface area contributed by atoms with Gasteiger partial charge in [-0.1, -0.05) is 13.0 Å². The number of nitrogens with one attached hydrogen (secondary N) is 2. The summed E-state index contributed by atoms with van der Waals surface area (Å²) in [6.45, 7) is 5.79. The van der Waals surface area contributed by atoms with Crippen molar-refractivity contribution in [2.75, 3.05) is 13.7 Å². The number of aliphatic imine (C=N–C) groups is 1. The van der Waals surface area contributed by atoms with Gasteiger partial charge < -0.3 is 15.4 Å². The van der Waals surface area contributed by atoms with Crippen LogP contribution in [-0.2, 0) is 6.54 Å². The summed E-state index contributed by atoms with van der Waals surface area (Å²) in [4.78, 5) is 4.24. The Morgan fingerprint density at radius 1 is 1.40 bits per heavy atom. The van der Waals surface area contributed by atoms with Gasteiger partial charge in [0.2, 0.25) is 0 Å². The van der Waals surface area contributed by atoms with Crippen LogP contribution < -0.4 is 15.4 Å². The van der Waals surface area contributed by atoms with E-state index in [1.807, 2.05) is 13.1 Å². The molecule has 4 heteroatoms. The molecule has 0 bridgehead atoms. The summed E-state index contributed by atoms with van der Waals surface area (Å²) >= 11 is 0. The SMILES string of the molecule is CCCOc1ccc(CNC(=NC)NC2CC2)c(C)c1. The Hall–Kier alpha value is -1.71. The summed E-state index contributed by atoms with van der Waals surface area (Å²) in [6, 6.07) is 6.88. The van der Waals surface area contributed by atoms with Crippen molar-refractivity contribution >= 4 is 5.96 Å². The maximum absolute atomic E-state index is 5.64. The molecule has 0 spiro atoms. The van der Waals surface area contributed by atoms with Crippen LogP contribution in [0.25, 0.3) is 0 Å². The molecule has 0 aromatic heterocycles. The van der Waals surface area contributed by atoms with E-state index in [1.165, 1.54) is 24.0 Å². The first-order valence-electron chi connectivity index (χ1n) is 7.42. The third-order valence-electron chi connectivity index (χ3n) is 3.37. The van der Waals surface area contributed by atoms with Crippen LogP contribution in [-0.4, -0.2) is 25.7 Å². The molecular formula is C16H25N3O. The van der Waals surface area contributed by atoms with Gasteiger partial charge in [-0.25, -0.2) is 0 Å². The molecule has 1 aliphatic rings. The zero-order chi connectivity index (χ0) is 14.4. The van der Waals surface area contributed by atoms with Crippen molar-refractivity contribution in [3.63, 3.8) is 0 Å². The average Bonchev–Trinajstić information content (AvgIpc) is 3.26. The van der Waals surface area contributed by atoms with Crippen LogP contribution in [0, 0.1) is 6.92 Å². The van der Waals surface area contributed by atoms with Crippen LogP contribution in [0.1, 0.15) is 37.3 Å². The number of aryl methyl sites for hydroxylation is 1. The number of hydrogen-bond donors (Lipinski definition) is 2. The fourth-order valence-corrected chi connectivity index (χ4v) is 1.97. The molecule has 20 heavy (non-hydrogen) atoms. The number of nitrogens with zero attached hydrogens (tertiary/aromatic N) is 1. The van der Waals surface area contributed by atoms with E-state index in [2.05, 4.69) is 41.6 Å². The second-order valence-electron chi connectivity index (χ2n) is 5.28. The predicted molar refractivity (Wildman–Crippen MR) is 83.3 cm³/mol. The van der Waals surface area contributed by atoms with E-state index in [0.717, 1.165) is 31.3 Å². The maximum atomic E-state index is 5.64. The molecule has 2 rings (SSSR count). The molecule has 110 valence electrons. The van der Waals surface area contributed by atoms with Crippen LogP contribution in [0.5, 0.6) is 5.75 Å². The van der Waals surface area contributed by atoms with E-state index in [-0.39, 0.29) is 0 Å². The van der Waals surface area contributed by atoms with E-state index >= 15 is 0 Å². The zero-order valence-electron chi connectivity index (χ0n) is 12.7. The van der Waals surface area contributed by atoms with E-state index in [9.17, 15) is 0 Å². The summed E-state index contributed by atoms with van der Waals surface area (Å²) in [7, 11) is 1.81. The fraction of sp³-hybridized carbons (Fsp3) is 0.562. The van der Waals surface area contributed by atoms with E-state index in [1.54, 1.807) is 0 Å². The molecule has 0 heterocycles. The normalized spacial score (nSPS) is 15.1. The molecule has 1 aromatic rings. The monoisotopic (exact) mass is 275 g/mol. The summed E-state index contributed by atoms with van der Waals surface area (Å²) in [5.74, 6) is 1.84. The standard InChI is InChI=1S/C16H25N3O/c1-4-9-20-15-8-5-13(12(2)10-15)11-18-16(17-3)19-14-6-7-14/h5,8,10,14H,4,6-7,9,11H2,1-3H3,(H2,17,18,19). The van der Waals surface area contributed by atoms with Crippen LogP contribution >= 0.6 is 0 Å². The highest BCUT2D eigenvalue weighted by atomic mass is 16.5. The van der Waals surface area contributed by atoms with E-state index in [4.69, 9.17) is 4.74 Å². The van der Waals surface area contributed by atoms with Gasteiger partial charge in [-0.3, -0.25) is 4.99 Å². The van der Waals surface area contributed by atoms with Crippen molar-refractivity contribution in [2.45, 2.75) is 45.7 Å². The van der Waals surface area contributed by atoms with Gasteiger partial charge in [-0.15, -0.1) is 0 Å². The molecule has 0 unspecified atom stereocenters. The highest BCUT2D eigenvalue weighted by Gasteiger charge is 2.22. The zero-order valence-corrected chi connectivity index (χ0v) is 12.7. The molecule has 0 radical (unpaired) electrons. The van der Waals surface area contributed by atoms with Crippen molar-refractivity contribution in [1.29, 1.82) is 0 Å². The van der Waals surface area contributed by atoms with Crippen molar-refractivity contribution in [2.24, 2.45) is 4.99 Å². The van der Waals surface area contributed by atoms with E-state index in [0.29, 0.717) is 6.04 Å². The Morgan fingerprint density at radius 3 is 2.80 bits per heavy atom. The third kappa shape index (κ3) is 4.44. The first kappa shape index (κ1) is 14.7. The summed E-state index contributed by atoms with van der Waals surface area (Å²) < 4.78 is 5.64. The van der Waals surface area contributed by atoms with Gasteiger partial charge >= 0.3 is 0 Å². The molecular weight excluding hydrogens is 250 g/mol. The van der Waals surface area contributed by atoms with Crippen LogP contribution in [0.3, 0.4) is 0 Å². The molecule has 4 nitrogen and oxygen atoms in total. The quantitative estimate of drug-likeness (QED) is 0.619. The fourth-order valence-electron chi connectivity index (χ4n) is 1.97. The summed E-state index contributed by atoms with van der Waals surface area (Å²) in [5.41, 5.74) is 2.51. The number of hydrogen-bond acceptors (Lipinski definition) is 2. The highest BCUT2D eigenvalue weighted by molar-refractivity contribution is 5.80. The Kier molecular flexibility index (Phi) is 5.27. The highest BCUT2D eigenvalue weighted by Crippen LogP contribution is 2.19. The minimum absolute atomic E-state index is 0.618. The molecule has 0 amide bonds. The molecule has 1 aromatic carbocycles. The van der Waals surface area contributed by atoms with Crippen molar-refractivity contribution in [3.8, 4) is 5.75 Å². The Balaban J connectivity index is 1.88. The van der Waals surface area contributed by atoms with Crippen molar-refractivity contribution in [3.05, 3.63) is 29.3 Å². The third-order valence-corrected chi connectivity index (χ3v) is 3.37. The van der Waals surface area contributed by atoms with Crippen molar-refractivity contribution in [1.82, 2.24) is 10.6 Å². The van der Waals surface area contributed by atoms with Gasteiger partial charge in [-0.2, -0.15) is 0 Å². The lowest BCUT2D eigenvalue weighted by Crippen LogP contribution is -2.38. The minimum atomic E-state index is 0.618. The Bertz CT molecular complexity index is 467. The first-order chi connectivity index (χ1) is 9.72. The lowest BCUT2D eigenvalue weighted by Gasteiger charge is -2.13. The Labute approximate surface area is 121 Å². The smallest absolute Gasteiger partial charge is 0.191 e. The minimum Gasteiger partial charge on any atom is -0.494 e. The molecule has 0 atom stereocenters. The first-order valence-corrected chi connectivity index (χ1v) is 7.42. The number of ether oxygens (including phenoxy) is 1. The summed E-state index contributed by atoms with van der Waals surface area (Å²) in [5, 5.41) is 6.74. The largest absolute Gasteiger partial charge is 0.494 e. The van der Waals surface area contributed by atoms with Gasteiger partial charge in [-0.05, 0) is 49.4 Å². The van der Waals surface area contributed by atoms with Crippen molar-refractivity contribution < 1.29 is 4.74 Å². The average molecular weight is 275 g/mol. The molecule has 1 saturated carbocycles. The second kappa shape index (κ2) is 7.17. The second-order valence-corrected chi connectivity index (χ2v) is 5.28. The Morgan fingerprint density at radius 2 is 2.20 bits per heavy atom. The van der Waals surface area contributed by atoms with Gasteiger partial charge in [0.25, 0.3) is 0 Å².